The minimum absolute atomic E-state index is 0.287. The summed E-state index contributed by atoms with van der Waals surface area (Å²) in [5.41, 5.74) is 2.28. The van der Waals surface area contributed by atoms with E-state index in [-0.39, 0.29) is 6.54 Å². The maximum atomic E-state index is 13.6. The lowest BCUT2D eigenvalue weighted by molar-refractivity contribution is 0.175. The number of rotatable bonds is 12. The van der Waals surface area contributed by atoms with Crippen LogP contribution >= 0.6 is 0 Å². The van der Waals surface area contributed by atoms with E-state index < -0.39 is 10.0 Å². The van der Waals surface area contributed by atoms with Gasteiger partial charge in [0.05, 0.1) is 18.6 Å². The minimum Gasteiger partial charge on any atom is -0.497 e. The Labute approximate surface area is 202 Å². The molecule has 8 heteroatoms. The molecule has 0 amide bonds. The Morgan fingerprint density at radius 2 is 1.79 bits per heavy atom. The molecule has 0 fully saturated rings. The van der Waals surface area contributed by atoms with Crippen molar-refractivity contribution in [3.05, 3.63) is 72.1 Å². The SMILES string of the molecule is COCCN(CCN(C)CC(C)=Cc1ccc(OC)cc1)S(=O)(=O)c1cccc2cnccc12. The number of pyridine rings is 1. The fraction of sp³-hybridized carbons (Fsp3) is 0.346. The molecule has 0 atom stereocenters. The first kappa shape index (κ1) is 25.8. The summed E-state index contributed by atoms with van der Waals surface area (Å²) in [7, 11) is 1.52. The van der Waals surface area contributed by atoms with E-state index in [0.29, 0.717) is 30.0 Å². The van der Waals surface area contributed by atoms with Crippen molar-refractivity contribution >= 4 is 26.9 Å². The summed E-state index contributed by atoms with van der Waals surface area (Å²) in [4.78, 5) is 6.53. The molecule has 3 aromatic rings. The van der Waals surface area contributed by atoms with Gasteiger partial charge in [-0.05, 0) is 43.8 Å². The standard InChI is InChI=1S/C26H33N3O4S/c1-21(18-22-8-10-24(33-4)11-9-22)20-28(2)14-15-29(16-17-32-3)34(30,31)26-7-5-6-23-19-27-13-12-25(23)26/h5-13,18-19H,14-17,20H2,1-4H3. The summed E-state index contributed by atoms with van der Waals surface area (Å²) in [5.74, 6) is 0.826. The van der Waals surface area contributed by atoms with Gasteiger partial charge in [0.1, 0.15) is 5.75 Å². The molecule has 34 heavy (non-hydrogen) atoms. The first-order valence-electron chi connectivity index (χ1n) is 11.2. The van der Waals surface area contributed by atoms with E-state index in [1.165, 1.54) is 9.88 Å². The molecule has 0 N–H and O–H groups in total. The van der Waals surface area contributed by atoms with Gasteiger partial charge in [0, 0.05) is 56.5 Å². The van der Waals surface area contributed by atoms with Crippen molar-refractivity contribution in [3.8, 4) is 5.75 Å². The molecule has 0 aliphatic heterocycles. The van der Waals surface area contributed by atoms with E-state index in [2.05, 4.69) is 22.9 Å². The van der Waals surface area contributed by atoms with Crippen LogP contribution in [0.1, 0.15) is 12.5 Å². The molecule has 1 heterocycles. The molecule has 1 aromatic heterocycles. The topological polar surface area (TPSA) is 72.0 Å². The lowest BCUT2D eigenvalue weighted by atomic mass is 10.1. The highest BCUT2D eigenvalue weighted by molar-refractivity contribution is 7.89. The number of methoxy groups -OCH3 is 2. The van der Waals surface area contributed by atoms with Crippen LogP contribution in [0, 0.1) is 0 Å². The number of sulfonamides is 1. The van der Waals surface area contributed by atoms with Crippen LogP contribution in [0.5, 0.6) is 5.75 Å². The number of likely N-dealkylation sites (N-methyl/N-ethyl adjacent to an activating group) is 1. The van der Waals surface area contributed by atoms with Gasteiger partial charge in [-0.3, -0.25) is 4.98 Å². The average Bonchev–Trinajstić information content (AvgIpc) is 2.83. The van der Waals surface area contributed by atoms with Crippen molar-refractivity contribution in [1.82, 2.24) is 14.2 Å². The fourth-order valence-corrected chi connectivity index (χ4v) is 5.45. The van der Waals surface area contributed by atoms with E-state index in [0.717, 1.165) is 23.2 Å². The molecule has 0 saturated carbocycles. The molecule has 0 saturated heterocycles. The third-order valence-electron chi connectivity index (χ3n) is 5.58. The molecule has 7 nitrogen and oxygen atoms in total. The van der Waals surface area contributed by atoms with Crippen LogP contribution < -0.4 is 4.74 Å². The highest BCUT2D eigenvalue weighted by atomic mass is 32.2. The fourth-order valence-electron chi connectivity index (χ4n) is 3.82. The zero-order valence-electron chi connectivity index (χ0n) is 20.3. The first-order chi connectivity index (χ1) is 16.3. The molecule has 0 bridgehead atoms. The lowest BCUT2D eigenvalue weighted by Gasteiger charge is -2.25. The molecule has 0 unspecified atom stereocenters. The zero-order valence-corrected chi connectivity index (χ0v) is 21.1. The first-order valence-corrected chi connectivity index (χ1v) is 12.6. The third-order valence-corrected chi connectivity index (χ3v) is 7.54. The normalized spacial score (nSPS) is 12.6. The summed E-state index contributed by atoms with van der Waals surface area (Å²) in [6, 6.07) is 14.9. The minimum atomic E-state index is -3.71. The van der Waals surface area contributed by atoms with Gasteiger partial charge in [0.2, 0.25) is 10.0 Å². The van der Waals surface area contributed by atoms with E-state index in [1.807, 2.05) is 37.4 Å². The van der Waals surface area contributed by atoms with Gasteiger partial charge in [-0.2, -0.15) is 4.31 Å². The van der Waals surface area contributed by atoms with Crippen molar-refractivity contribution in [3.63, 3.8) is 0 Å². The van der Waals surface area contributed by atoms with Crippen LogP contribution in [0.25, 0.3) is 16.8 Å². The highest BCUT2D eigenvalue weighted by Crippen LogP contribution is 2.25. The molecule has 0 spiro atoms. The number of nitrogens with zero attached hydrogens (tertiary/aromatic N) is 3. The van der Waals surface area contributed by atoms with Gasteiger partial charge in [0.15, 0.2) is 0 Å². The largest absolute Gasteiger partial charge is 0.497 e. The molecule has 182 valence electrons. The molecule has 0 aliphatic carbocycles. The summed E-state index contributed by atoms with van der Waals surface area (Å²) in [6.07, 6.45) is 5.42. The third kappa shape index (κ3) is 6.64. The Morgan fingerprint density at radius 3 is 2.50 bits per heavy atom. The molecular weight excluding hydrogens is 450 g/mol. The van der Waals surface area contributed by atoms with Crippen LogP contribution in [-0.2, 0) is 14.8 Å². The van der Waals surface area contributed by atoms with Gasteiger partial charge in [0.25, 0.3) is 0 Å². The van der Waals surface area contributed by atoms with Crippen molar-refractivity contribution in [2.24, 2.45) is 0 Å². The Balaban J connectivity index is 1.71. The predicted octanol–water partition coefficient (Wildman–Crippen LogP) is 3.92. The van der Waals surface area contributed by atoms with Crippen LogP contribution in [0.2, 0.25) is 0 Å². The Bertz CT molecular complexity index is 1200. The summed E-state index contributed by atoms with van der Waals surface area (Å²) < 4.78 is 39.1. The van der Waals surface area contributed by atoms with E-state index in [9.17, 15) is 8.42 Å². The smallest absolute Gasteiger partial charge is 0.243 e. The molecule has 0 aliphatic rings. The number of benzene rings is 2. The van der Waals surface area contributed by atoms with Gasteiger partial charge in [-0.25, -0.2) is 8.42 Å². The van der Waals surface area contributed by atoms with E-state index >= 15 is 0 Å². The quantitative estimate of drug-likeness (QED) is 0.389. The molecule has 3 rings (SSSR count). The van der Waals surface area contributed by atoms with Gasteiger partial charge < -0.3 is 14.4 Å². The van der Waals surface area contributed by atoms with Gasteiger partial charge >= 0.3 is 0 Å². The Kier molecular flexibility index (Phi) is 9.18. The molecule has 2 aromatic carbocycles. The number of fused-ring (bicyclic) bond motifs is 1. The second kappa shape index (κ2) is 12.1. The van der Waals surface area contributed by atoms with Crippen LogP contribution in [0.4, 0.5) is 0 Å². The van der Waals surface area contributed by atoms with Crippen LogP contribution in [0.3, 0.4) is 0 Å². The summed E-state index contributed by atoms with van der Waals surface area (Å²) in [5, 5.41) is 1.47. The second-order valence-corrected chi connectivity index (χ2v) is 10.2. The van der Waals surface area contributed by atoms with Crippen molar-refractivity contribution in [2.75, 3.05) is 54.1 Å². The maximum Gasteiger partial charge on any atom is 0.243 e. The highest BCUT2D eigenvalue weighted by Gasteiger charge is 2.26. The summed E-state index contributed by atoms with van der Waals surface area (Å²) >= 11 is 0. The van der Waals surface area contributed by atoms with Crippen LogP contribution in [0.15, 0.2) is 71.4 Å². The van der Waals surface area contributed by atoms with Crippen molar-refractivity contribution in [2.45, 2.75) is 11.8 Å². The summed E-state index contributed by atoms with van der Waals surface area (Å²) in [6.45, 7) is 4.36. The maximum absolute atomic E-state index is 13.6. The monoisotopic (exact) mass is 483 g/mol. The van der Waals surface area contributed by atoms with Crippen LogP contribution in [-0.4, -0.2) is 76.7 Å². The second-order valence-electron chi connectivity index (χ2n) is 8.25. The number of hydrogen-bond acceptors (Lipinski definition) is 6. The van der Waals surface area contributed by atoms with E-state index in [4.69, 9.17) is 9.47 Å². The number of hydrogen-bond donors (Lipinski definition) is 0. The van der Waals surface area contributed by atoms with Crippen molar-refractivity contribution < 1.29 is 17.9 Å². The van der Waals surface area contributed by atoms with Gasteiger partial charge in [-0.15, -0.1) is 0 Å². The Morgan fingerprint density at radius 1 is 1.03 bits per heavy atom. The zero-order chi connectivity index (χ0) is 24.6. The number of aromatic nitrogens is 1. The molecule has 0 radical (unpaired) electrons. The Hall–Kier alpha value is -2.78. The molecular formula is C26H33N3O4S. The predicted molar refractivity (Wildman–Crippen MR) is 137 cm³/mol. The van der Waals surface area contributed by atoms with Gasteiger partial charge in [-0.1, -0.05) is 35.9 Å². The average molecular weight is 484 g/mol. The number of ether oxygens (including phenoxy) is 2. The van der Waals surface area contributed by atoms with E-state index in [1.54, 1.807) is 44.8 Å². The van der Waals surface area contributed by atoms with Crippen molar-refractivity contribution in [1.29, 1.82) is 0 Å². The lowest BCUT2D eigenvalue weighted by Crippen LogP contribution is -2.39.